The molecule has 11 nitrogen and oxygen atoms in total. The highest BCUT2D eigenvalue weighted by Gasteiger charge is 2.56. The number of nitrogens with one attached hydrogen (secondary N) is 1. The number of nitrogens with two attached hydrogens (primary N) is 1. The Morgan fingerprint density at radius 2 is 2.09 bits per heavy atom. The highest BCUT2D eigenvalue weighted by molar-refractivity contribution is 5.87. The number of tetrazole rings is 1. The molecule has 1 saturated carbocycles. The molecule has 7 atom stereocenters. The maximum absolute atomic E-state index is 13.3. The van der Waals surface area contributed by atoms with Crippen molar-refractivity contribution in [1.29, 1.82) is 5.26 Å². The molecular weight excluding hydrogens is 434 g/mol. The Morgan fingerprint density at radius 1 is 1.29 bits per heavy atom. The van der Waals surface area contributed by atoms with Crippen LogP contribution in [0.3, 0.4) is 0 Å². The van der Waals surface area contributed by atoms with E-state index in [1.807, 2.05) is 36.1 Å². The molecule has 3 saturated heterocycles. The smallest absolute Gasteiger partial charge is 0.242 e. The Labute approximate surface area is 196 Å². The number of amides is 2. The van der Waals surface area contributed by atoms with Gasteiger partial charge in [-0.05, 0) is 42.9 Å². The third-order valence-corrected chi connectivity index (χ3v) is 7.98. The number of aromatic nitrogens is 4. The van der Waals surface area contributed by atoms with Gasteiger partial charge in [0.1, 0.15) is 6.04 Å². The molecule has 1 aliphatic carbocycles. The van der Waals surface area contributed by atoms with Crippen molar-refractivity contribution in [2.75, 3.05) is 13.1 Å². The first kappa shape index (κ1) is 21.2. The van der Waals surface area contributed by atoms with Crippen LogP contribution in [-0.4, -0.2) is 90.4 Å². The van der Waals surface area contributed by atoms with E-state index in [2.05, 4.69) is 31.6 Å². The lowest BCUT2D eigenvalue weighted by molar-refractivity contribution is -0.141. The van der Waals surface area contributed by atoms with E-state index >= 15 is 0 Å². The summed E-state index contributed by atoms with van der Waals surface area (Å²) in [5, 5.41) is 23.4. The molecule has 0 spiro atoms. The van der Waals surface area contributed by atoms with Gasteiger partial charge < -0.3 is 15.5 Å². The van der Waals surface area contributed by atoms with E-state index in [0.29, 0.717) is 24.8 Å². The summed E-state index contributed by atoms with van der Waals surface area (Å²) in [6.45, 7) is 3.10. The number of piperazine rings is 1. The second kappa shape index (κ2) is 7.85. The normalized spacial score (nSPS) is 31.4. The van der Waals surface area contributed by atoms with E-state index in [1.165, 1.54) is 0 Å². The van der Waals surface area contributed by atoms with Gasteiger partial charge in [-0.15, -0.1) is 10.2 Å². The van der Waals surface area contributed by atoms with Crippen LogP contribution in [0, 0.1) is 17.2 Å². The Hall–Kier alpha value is -3.36. The van der Waals surface area contributed by atoms with Gasteiger partial charge in [-0.2, -0.15) is 10.5 Å². The lowest BCUT2D eigenvalue weighted by Gasteiger charge is -2.38. The van der Waals surface area contributed by atoms with Crippen molar-refractivity contribution < 1.29 is 9.59 Å². The number of hydrogen-bond acceptors (Lipinski definition) is 8. The molecule has 4 aliphatic rings. The van der Waals surface area contributed by atoms with Gasteiger partial charge >= 0.3 is 0 Å². The number of nitrogens with zero attached hydrogens (tertiary/aromatic N) is 7. The predicted molar refractivity (Wildman–Crippen MR) is 119 cm³/mol. The zero-order valence-corrected chi connectivity index (χ0v) is 18.9. The number of H-pyrrole nitrogens is 1. The molecule has 4 fully saturated rings. The van der Waals surface area contributed by atoms with Crippen LogP contribution in [0.15, 0.2) is 24.3 Å². The second-order valence-corrected chi connectivity index (χ2v) is 9.93. The van der Waals surface area contributed by atoms with Gasteiger partial charge in [0, 0.05) is 30.7 Å². The number of likely N-dealkylation sites (tertiary alicyclic amines) is 3. The summed E-state index contributed by atoms with van der Waals surface area (Å²) < 4.78 is 0. The number of aromatic amines is 1. The summed E-state index contributed by atoms with van der Waals surface area (Å²) in [6.07, 6.45) is 2.49. The summed E-state index contributed by atoms with van der Waals surface area (Å²) >= 11 is 0. The molecule has 176 valence electrons. The van der Waals surface area contributed by atoms with Crippen molar-refractivity contribution in [2.24, 2.45) is 11.7 Å². The van der Waals surface area contributed by atoms with E-state index in [4.69, 9.17) is 5.73 Å². The minimum absolute atomic E-state index is 0.0629. The van der Waals surface area contributed by atoms with Gasteiger partial charge in [0.2, 0.25) is 17.6 Å². The number of fused-ring (bicyclic) bond motifs is 3. The summed E-state index contributed by atoms with van der Waals surface area (Å²) in [4.78, 5) is 32.0. The Kier molecular flexibility index (Phi) is 4.89. The van der Waals surface area contributed by atoms with Crippen molar-refractivity contribution in [3.63, 3.8) is 0 Å². The largest absolute Gasteiger partial charge is 0.330 e. The van der Waals surface area contributed by atoms with Crippen molar-refractivity contribution in [1.82, 2.24) is 35.3 Å². The van der Waals surface area contributed by atoms with Crippen LogP contribution < -0.4 is 5.73 Å². The highest BCUT2D eigenvalue weighted by Crippen LogP contribution is 2.48. The van der Waals surface area contributed by atoms with Crippen LogP contribution in [0.4, 0.5) is 0 Å². The van der Waals surface area contributed by atoms with E-state index < -0.39 is 6.04 Å². The van der Waals surface area contributed by atoms with Gasteiger partial charge in [0.15, 0.2) is 0 Å². The molecule has 2 aromatic rings. The Bertz CT molecular complexity index is 1140. The standard InChI is InChI=1S/C23H27N9O2/c1-12(13-2-4-14(5-3-13)21-26-28-29-27-21)31-17-8-20(23(31)34)30(10-17)11-18(25)22(33)32-16(9-24)6-15-7-19(15)32/h2-5,12,15-20H,6-8,10-11,25H2,1H3,(H,26,27,28,29)/t12-,15+,16-,17?,18-,19-,20+/m0/s1. The topological polar surface area (TPSA) is 148 Å². The SMILES string of the molecule is C[C@@H](c1ccc(-c2nn[nH]n2)cc1)N1C(=O)[C@H]2CC1CN2C[C@H](N)C(=O)N1[C@H](C#N)C[C@@H]2C[C@@H]21. The van der Waals surface area contributed by atoms with Crippen LogP contribution in [0.1, 0.15) is 37.8 Å². The number of rotatable bonds is 6. The number of hydrogen-bond donors (Lipinski definition) is 2. The summed E-state index contributed by atoms with van der Waals surface area (Å²) in [7, 11) is 0. The number of benzene rings is 1. The van der Waals surface area contributed by atoms with E-state index in [9.17, 15) is 14.9 Å². The average molecular weight is 462 g/mol. The van der Waals surface area contributed by atoms with Gasteiger partial charge in [-0.25, -0.2) is 0 Å². The molecular formula is C23H27N9O2. The predicted octanol–water partition coefficient (Wildman–Crippen LogP) is 0.0531. The van der Waals surface area contributed by atoms with Crippen LogP contribution in [-0.2, 0) is 9.59 Å². The van der Waals surface area contributed by atoms with Crippen LogP contribution in [0.2, 0.25) is 0 Å². The van der Waals surface area contributed by atoms with Crippen LogP contribution >= 0.6 is 0 Å². The molecule has 11 heteroatoms. The highest BCUT2D eigenvalue weighted by atomic mass is 16.2. The molecule has 3 N–H and O–H groups in total. The van der Waals surface area contributed by atoms with E-state index in [0.717, 1.165) is 30.4 Å². The van der Waals surface area contributed by atoms with Gasteiger partial charge in [0.25, 0.3) is 0 Å². The van der Waals surface area contributed by atoms with Crippen LogP contribution in [0.5, 0.6) is 0 Å². The number of nitriles is 1. The minimum Gasteiger partial charge on any atom is -0.330 e. The monoisotopic (exact) mass is 461 g/mol. The molecule has 3 aliphatic heterocycles. The third-order valence-electron chi connectivity index (χ3n) is 7.98. The number of carbonyl (C=O) groups is 2. The fourth-order valence-corrected chi connectivity index (χ4v) is 6.17. The Morgan fingerprint density at radius 3 is 2.76 bits per heavy atom. The zero-order chi connectivity index (χ0) is 23.6. The fourth-order valence-electron chi connectivity index (χ4n) is 6.17. The summed E-state index contributed by atoms with van der Waals surface area (Å²) in [6, 6.07) is 9.00. The van der Waals surface area contributed by atoms with Crippen molar-refractivity contribution in [3.05, 3.63) is 29.8 Å². The number of piperidine rings is 1. The molecule has 2 bridgehead atoms. The molecule has 1 unspecified atom stereocenters. The van der Waals surface area contributed by atoms with Crippen molar-refractivity contribution in [2.45, 2.75) is 62.4 Å². The van der Waals surface area contributed by atoms with E-state index in [-0.39, 0.29) is 42.0 Å². The maximum atomic E-state index is 13.3. The fraction of sp³-hybridized carbons (Fsp3) is 0.565. The third kappa shape index (κ3) is 3.28. The molecule has 0 radical (unpaired) electrons. The molecule has 4 heterocycles. The second-order valence-electron chi connectivity index (χ2n) is 9.93. The average Bonchev–Trinajstić information content (AvgIpc) is 3.28. The molecule has 6 rings (SSSR count). The molecule has 1 aromatic carbocycles. The molecule has 2 amide bonds. The minimum atomic E-state index is -0.717. The Balaban J connectivity index is 1.10. The van der Waals surface area contributed by atoms with Crippen LogP contribution in [0.25, 0.3) is 11.4 Å². The quantitative estimate of drug-likeness (QED) is 0.613. The van der Waals surface area contributed by atoms with Gasteiger partial charge in [0.05, 0.1) is 24.2 Å². The molecule has 34 heavy (non-hydrogen) atoms. The van der Waals surface area contributed by atoms with Crippen molar-refractivity contribution >= 4 is 11.8 Å². The van der Waals surface area contributed by atoms with Gasteiger partial charge in [-0.3, -0.25) is 14.5 Å². The first-order chi connectivity index (χ1) is 16.5. The summed E-state index contributed by atoms with van der Waals surface area (Å²) in [5.74, 6) is 0.924. The lowest BCUT2D eigenvalue weighted by Crippen LogP contribution is -2.57. The van der Waals surface area contributed by atoms with Gasteiger partial charge in [-0.1, -0.05) is 24.3 Å². The van der Waals surface area contributed by atoms with Crippen molar-refractivity contribution in [3.8, 4) is 17.5 Å². The first-order valence-corrected chi connectivity index (χ1v) is 11.8. The zero-order valence-electron chi connectivity index (χ0n) is 18.9. The first-order valence-electron chi connectivity index (χ1n) is 11.8. The molecule has 1 aromatic heterocycles. The van der Waals surface area contributed by atoms with E-state index in [1.54, 1.807) is 4.90 Å². The maximum Gasteiger partial charge on any atom is 0.242 e. The lowest BCUT2D eigenvalue weighted by atomic mass is 10.0. The number of carbonyl (C=O) groups excluding carboxylic acids is 2. The summed E-state index contributed by atoms with van der Waals surface area (Å²) in [5.41, 5.74) is 8.21.